The van der Waals surface area contributed by atoms with Gasteiger partial charge >= 0.3 is 6.61 Å². The van der Waals surface area contributed by atoms with Crippen molar-refractivity contribution in [2.24, 2.45) is 5.92 Å². The second-order valence-electron chi connectivity index (χ2n) is 4.47. The Labute approximate surface area is 115 Å². The molecule has 1 amide bonds. The number of nitrogens with zero attached hydrogens (tertiary/aromatic N) is 1. The van der Waals surface area contributed by atoms with E-state index in [2.05, 4.69) is 4.74 Å². The van der Waals surface area contributed by atoms with E-state index in [4.69, 9.17) is 11.6 Å². The minimum atomic E-state index is -2.89. The van der Waals surface area contributed by atoms with Crippen molar-refractivity contribution in [2.75, 3.05) is 19.0 Å². The number of likely N-dealkylation sites (tertiary alicyclic amines) is 1. The van der Waals surface area contributed by atoms with E-state index >= 15 is 0 Å². The van der Waals surface area contributed by atoms with Crippen molar-refractivity contribution in [3.8, 4) is 5.75 Å². The summed E-state index contributed by atoms with van der Waals surface area (Å²) in [4.78, 5) is 13.9. The second kappa shape index (κ2) is 6.19. The zero-order valence-electron chi connectivity index (χ0n) is 10.2. The quantitative estimate of drug-likeness (QED) is 0.798. The van der Waals surface area contributed by atoms with Gasteiger partial charge in [-0.2, -0.15) is 8.78 Å². The van der Waals surface area contributed by atoms with E-state index < -0.39 is 6.61 Å². The van der Waals surface area contributed by atoms with Crippen LogP contribution in [-0.2, 0) is 0 Å². The molecule has 1 saturated heterocycles. The number of amides is 1. The minimum absolute atomic E-state index is 0.00561. The molecule has 6 heteroatoms. The van der Waals surface area contributed by atoms with Gasteiger partial charge in [0.1, 0.15) is 5.75 Å². The lowest BCUT2D eigenvalue weighted by Gasteiger charge is -2.16. The number of benzene rings is 1. The summed E-state index contributed by atoms with van der Waals surface area (Å²) >= 11 is 5.77. The average Bonchev–Trinajstić information content (AvgIpc) is 2.86. The van der Waals surface area contributed by atoms with E-state index in [1.165, 1.54) is 18.2 Å². The molecule has 3 nitrogen and oxygen atoms in total. The van der Waals surface area contributed by atoms with Crippen LogP contribution in [0.2, 0.25) is 0 Å². The molecule has 1 heterocycles. The van der Waals surface area contributed by atoms with E-state index in [1.807, 2.05) is 0 Å². The lowest BCUT2D eigenvalue weighted by atomic mass is 10.1. The third-order valence-electron chi connectivity index (χ3n) is 3.10. The molecule has 1 aromatic rings. The maximum absolute atomic E-state index is 12.2. The molecule has 1 aliphatic heterocycles. The number of halogens is 3. The van der Waals surface area contributed by atoms with Crippen molar-refractivity contribution >= 4 is 17.5 Å². The Morgan fingerprint density at radius 1 is 1.53 bits per heavy atom. The number of ether oxygens (including phenoxy) is 1. The highest BCUT2D eigenvalue weighted by Crippen LogP contribution is 2.22. The molecule has 0 aromatic heterocycles. The molecule has 19 heavy (non-hydrogen) atoms. The van der Waals surface area contributed by atoms with Crippen molar-refractivity contribution in [3.63, 3.8) is 0 Å². The predicted octanol–water partition coefficient (Wildman–Crippen LogP) is 2.99. The topological polar surface area (TPSA) is 29.5 Å². The summed E-state index contributed by atoms with van der Waals surface area (Å²) in [5.41, 5.74) is 0.355. The SMILES string of the molecule is O=C(c1cccc(OC(F)F)c1)N1CCC(CCl)C1. The number of alkyl halides is 3. The molecule has 0 radical (unpaired) electrons. The Morgan fingerprint density at radius 3 is 2.95 bits per heavy atom. The van der Waals surface area contributed by atoms with Crippen molar-refractivity contribution in [1.82, 2.24) is 4.90 Å². The fourth-order valence-corrected chi connectivity index (χ4v) is 2.38. The molecular weight excluding hydrogens is 276 g/mol. The van der Waals surface area contributed by atoms with Gasteiger partial charge in [-0.3, -0.25) is 4.79 Å². The maximum atomic E-state index is 12.2. The molecule has 0 spiro atoms. The van der Waals surface area contributed by atoms with Gasteiger partial charge in [0.25, 0.3) is 5.91 Å². The van der Waals surface area contributed by atoms with Crippen molar-refractivity contribution in [1.29, 1.82) is 0 Å². The maximum Gasteiger partial charge on any atom is 0.387 e. The molecule has 1 fully saturated rings. The number of carbonyl (C=O) groups is 1. The van der Waals surface area contributed by atoms with Gasteiger partial charge in [0.15, 0.2) is 0 Å². The number of rotatable bonds is 4. The summed E-state index contributed by atoms with van der Waals surface area (Å²) < 4.78 is 28.5. The summed E-state index contributed by atoms with van der Waals surface area (Å²) in [7, 11) is 0. The van der Waals surface area contributed by atoms with Crippen LogP contribution >= 0.6 is 11.6 Å². The van der Waals surface area contributed by atoms with Gasteiger partial charge in [0.2, 0.25) is 0 Å². The second-order valence-corrected chi connectivity index (χ2v) is 4.78. The predicted molar refractivity (Wildman–Crippen MR) is 67.8 cm³/mol. The smallest absolute Gasteiger partial charge is 0.387 e. The summed E-state index contributed by atoms with van der Waals surface area (Å²) in [5, 5.41) is 0. The van der Waals surface area contributed by atoms with Crippen LogP contribution in [0.25, 0.3) is 0 Å². The monoisotopic (exact) mass is 289 g/mol. The van der Waals surface area contributed by atoms with Gasteiger partial charge in [-0.15, -0.1) is 11.6 Å². The van der Waals surface area contributed by atoms with E-state index in [-0.39, 0.29) is 11.7 Å². The number of carbonyl (C=O) groups excluding carboxylic acids is 1. The summed E-state index contributed by atoms with van der Waals surface area (Å²) in [6.07, 6.45) is 0.877. The highest BCUT2D eigenvalue weighted by Gasteiger charge is 2.26. The zero-order chi connectivity index (χ0) is 13.8. The fourth-order valence-electron chi connectivity index (χ4n) is 2.13. The Hall–Kier alpha value is -1.36. The molecular formula is C13H14ClF2NO2. The lowest BCUT2D eigenvalue weighted by molar-refractivity contribution is -0.0499. The van der Waals surface area contributed by atoms with Gasteiger partial charge in [-0.1, -0.05) is 6.07 Å². The van der Waals surface area contributed by atoms with Crippen LogP contribution in [0.4, 0.5) is 8.78 Å². The van der Waals surface area contributed by atoms with Gasteiger partial charge in [0, 0.05) is 24.5 Å². The molecule has 104 valence electrons. The molecule has 0 N–H and O–H groups in total. The highest BCUT2D eigenvalue weighted by molar-refractivity contribution is 6.18. The van der Waals surface area contributed by atoms with Gasteiger partial charge in [0.05, 0.1) is 0 Å². The van der Waals surface area contributed by atoms with Crippen LogP contribution in [0.5, 0.6) is 5.75 Å². The Balaban J connectivity index is 2.07. The number of hydrogen-bond donors (Lipinski definition) is 0. The molecule has 0 aliphatic carbocycles. The van der Waals surface area contributed by atoms with Crippen molar-refractivity contribution < 1.29 is 18.3 Å². The Bertz CT molecular complexity index is 456. The molecule has 1 aromatic carbocycles. The van der Waals surface area contributed by atoms with Crippen LogP contribution in [0.3, 0.4) is 0 Å². The third-order valence-corrected chi connectivity index (χ3v) is 3.53. The normalized spacial score (nSPS) is 18.9. The van der Waals surface area contributed by atoms with Crippen LogP contribution < -0.4 is 4.74 Å². The van der Waals surface area contributed by atoms with Gasteiger partial charge < -0.3 is 9.64 Å². The zero-order valence-corrected chi connectivity index (χ0v) is 10.9. The van der Waals surface area contributed by atoms with Crippen LogP contribution in [0.1, 0.15) is 16.8 Å². The summed E-state index contributed by atoms with van der Waals surface area (Å²) in [6, 6.07) is 5.85. The van der Waals surface area contributed by atoms with E-state index in [0.29, 0.717) is 30.5 Å². The lowest BCUT2D eigenvalue weighted by Crippen LogP contribution is -2.28. The van der Waals surface area contributed by atoms with E-state index in [1.54, 1.807) is 11.0 Å². The first-order valence-electron chi connectivity index (χ1n) is 6.00. The first kappa shape index (κ1) is 14.1. The minimum Gasteiger partial charge on any atom is -0.435 e. The molecule has 2 rings (SSSR count). The molecule has 1 aliphatic rings. The Morgan fingerprint density at radius 2 is 2.32 bits per heavy atom. The highest BCUT2D eigenvalue weighted by atomic mass is 35.5. The number of hydrogen-bond acceptors (Lipinski definition) is 2. The van der Waals surface area contributed by atoms with Gasteiger partial charge in [-0.05, 0) is 30.5 Å². The van der Waals surface area contributed by atoms with Crippen LogP contribution in [0.15, 0.2) is 24.3 Å². The molecule has 0 bridgehead atoms. The van der Waals surface area contributed by atoms with Crippen LogP contribution in [0, 0.1) is 5.92 Å². The molecule has 1 atom stereocenters. The average molecular weight is 290 g/mol. The fraction of sp³-hybridized carbons (Fsp3) is 0.462. The van der Waals surface area contributed by atoms with Crippen molar-refractivity contribution in [3.05, 3.63) is 29.8 Å². The summed E-state index contributed by atoms with van der Waals surface area (Å²) in [5.74, 6) is 0.658. The summed E-state index contributed by atoms with van der Waals surface area (Å²) in [6.45, 7) is -1.63. The Kier molecular flexibility index (Phi) is 4.58. The van der Waals surface area contributed by atoms with E-state index in [9.17, 15) is 13.6 Å². The molecule has 1 unspecified atom stereocenters. The first-order valence-corrected chi connectivity index (χ1v) is 6.53. The first-order chi connectivity index (χ1) is 9.10. The third kappa shape index (κ3) is 3.56. The largest absolute Gasteiger partial charge is 0.435 e. The standard InChI is InChI=1S/C13H14ClF2NO2/c14-7-9-4-5-17(8-9)12(18)10-2-1-3-11(6-10)19-13(15)16/h1-3,6,9,13H,4-5,7-8H2. The molecule has 0 saturated carbocycles. The van der Waals surface area contributed by atoms with E-state index in [0.717, 1.165) is 6.42 Å². The van der Waals surface area contributed by atoms with Gasteiger partial charge in [-0.25, -0.2) is 0 Å². The van der Waals surface area contributed by atoms with Crippen molar-refractivity contribution in [2.45, 2.75) is 13.0 Å². The van der Waals surface area contributed by atoms with Crippen LogP contribution in [-0.4, -0.2) is 36.4 Å².